The number of anilines is 1. The summed E-state index contributed by atoms with van der Waals surface area (Å²) in [5, 5.41) is 1.23. The summed E-state index contributed by atoms with van der Waals surface area (Å²) in [4.78, 5) is 32.4. The van der Waals surface area contributed by atoms with Gasteiger partial charge in [0.2, 0.25) is 5.95 Å². The summed E-state index contributed by atoms with van der Waals surface area (Å²) in [6.07, 6.45) is 3.55. The summed E-state index contributed by atoms with van der Waals surface area (Å²) in [6, 6.07) is 1.83. The highest BCUT2D eigenvalue weighted by atomic mass is 32.2. The van der Waals surface area contributed by atoms with Gasteiger partial charge in [-0.15, -0.1) is 11.3 Å². The lowest BCUT2D eigenvalue weighted by atomic mass is 10.2. The topological polar surface area (TPSA) is 93.2 Å². The smallest absolute Gasteiger partial charge is 0.281 e. The molecule has 3 aromatic heterocycles. The minimum absolute atomic E-state index is 0.161. The number of aromatic nitrogens is 4. The van der Waals surface area contributed by atoms with Crippen LogP contribution in [0.2, 0.25) is 0 Å². The Hall–Kier alpha value is -2.17. The zero-order chi connectivity index (χ0) is 19.7. The number of rotatable bonds is 5. The second-order valence-electron chi connectivity index (χ2n) is 6.76. The van der Waals surface area contributed by atoms with Crippen molar-refractivity contribution in [2.45, 2.75) is 19.0 Å². The van der Waals surface area contributed by atoms with Gasteiger partial charge in [0.25, 0.3) is 5.56 Å². The van der Waals surface area contributed by atoms with E-state index >= 15 is 0 Å². The Labute approximate surface area is 171 Å². The van der Waals surface area contributed by atoms with Crippen LogP contribution >= 0.6 is 23.1 Å². The van der Waals surface area contributed by atoms with Crippen molar-refractivity contribution in [2.24, 2.45) is 0 Å². The van der Waals surface area contributed by atoms with Crippen molar-refractivity contribution < 1.29 is 0 Å². The highest BCUT2D eigenvalue weighted by molar-refractivity contribution is 7.99. The number of piperazine rings is 1. The van der Waals surface area contributed by atoms with E-state index in [2.05, 4.69) is 24.8 Å². The number of nitrogens with zero attached hydrogens (tertiary/aromatic N) is 6. The third-order valence-electron chi connectivity index (χ3n) is 5.05. The molecule has 4 heterocycles. The normalized spacial score (nSPS) is 15.4. The van der Waals surface area contributed by atoms with E-state index in [-0.39, 0.29) is 5.56 Å². The molecule has 0 spiro atoms. The fourth-order valence-electron chi connectivity index (χ4n) is 3.28. The van der Waals surface area contributed by atoms with Crippen LogP contribution in [0.25, 0.3) is 10.2 Å². The molecule has 1 fully saturated rings. The van der Waals surface area contributed by atoms with Gasteiger partial charge in [0.1, 0.15) is 4.83 Å². The van der Waals surface area contributed by atoms with Crippen molar-refractivity contribution in [1.29, 1.82) is 0 Å². The molecule has 0 aliphatic carbocycles. The van der Waals surface area contributed by atoms with Crippen LogP contribution in [0.4, 0.5) is 5.95 Å². The second kappa shape index (κ2) is 8.06. The van der Waals surface area contributed by atoms with Gasteiger partial charge in [-0.1, -0.05) is 11.8 Å². The van der Waals surface area contributed by atoms with Crippen LogP contribution in [-0.4, -0.2) is 63.0 Å². The first-order valence-corrected chi connectivity index (χ1v) is 11.0. The first kappa shape index (κ1) is 19.2. The maximum Gasteiger partial charge on any atom is 0.281 e. The van der Waals surface area contributed by atoms with Gasteiger partial charge >= 0.3 is 0 Å². The Morgan fingerprint density at radius 3 is 2.61 bits per heavy atom. The van der Waals surface area contributed by atoms with Crippen LogP contribution in [0.3, 0.4) is 0 Å². The first-order chi connectivity index (χ1) is 13.5. The molecule has 28 heavy (non-hydrogen) atoms. The molecule has 1 aliphatic heterocycles. The molecule has 4 rings (SSSR count). The fourth-order valence-corrected chi connectivity index (χ4v) is 5.27. The van der Waals surface area contributed by atoms with Crippen LogP contribution < -0.4 is 16.3 Å². The van der Waals surface area contributed by atoms with Gasteiger partial charge < -0.3 is 10.7 Å². The van der Waals surface area contributed by atoms with Gasteiger partial charge in [-0.05, 0) is 25.5 Å². The lowest BCUT2D eigenvalue weighted by molar-refractivity contribution is 0.272. The molecule has 1 saturated heterocycles. The molecular formula is C18H23N7OS2. The number of fused-ring (bicyclic) bond motifs is 1. The third kappa shape index (κ3) is 3.71. The summed E-state index contributed by atoms with van der Waals surface area (Å²) in [5.41, 5.74) is 0.819. The van der Waals surface area contributed by atoms with Crippen molar-refractivity contribution in [3.05, 3.63) is 39.3 Å². The molecule has 1 aliphatic rings. The molecule has 3 aromatic rings. The van der Waals surface area contributed by atoms with Crippen molar-refractivity contribution in [3.63, 3.8) is 0 Å². The largest absolute Gasteiger partial charge is 0.338 e. The predicted octanol–water partition coefficient (Wildman–Crippen LogP) is 1.49. The van der Waals surface area contributed by atoms with E-state index < -0.39 is 0 Å². The van der Waals surface area contributed by atoms with E-state index in [1.807, 2.05) is 19.9 Å². The number of nitrogens with two attached hydrogens (primary N) is 1. The molecule has 0 radical (unpaired) electrons. The standard InChI is InChI=1S/C18H23N7OS2/c1-12-13(2)28-15-14(12)16(26)25(19)18(22-15)27-11-10-23-6-8-24(9-7-23)17-20-4-3-5-21-17/h3-5H,6-11,19H2,1-2H3. The van der Waals surface area contributed by atoms with Gasteiger partial charge in [0, 0.05) is 55.7 Å². The number of hydrogen-bond acceptors (Lipinski definition) is 9. The predicted molar refractivity (Wildman–Crippen MR) is 115 cm³/mol. The third-order valence-corrected chi connectivity index (χ3v) is 7.08. The summed E-state index contributed by atoms with van der Waals surface area (Å²) < 4.78 is 1.19. The molecule has 2 N–H and O–H groups in total. The molecule has 0 aromatic carbocycles. The summed E-state index contributed by atoms with van der Waals surface area (Å²) in [5.74, 6) is 7.65. The van der Waals surface area contributed by atoms with Gasteiger partial charge in [-0.25, -0.2) is 19.6 Å². The highest BCUT2D eigenvalue weighted by Gasteiger charge is 2.19. The van der Waals surface area contributed by atoms with Crippen LogP contribution in [0.15, 0.2) is 28.4 Å². The van der Waals surface area contributed by atoms with Crippen LogP contribution in [0.5, 0.6) is 0 Å². The average molecular weight is 418 g/mol. The molecule has 0 bridgehead atoms. The maximum atomic E-state index is 12.6. The Bertz CT molecular complexity index is 1030. The van der Waals surface area contributed by atoms with Crippen LogP contribution in [-0.2, 0) is 0 Å². The molecule has 0 unspecified atom stereocenters. The second-order valence-corrected chi connectivity index (χ2v) is 9.02. The van der Waals surface area contributed by atoms with Crippen molar-refractivity contribution in [3.8, 4) is 0 Å². The van der Waals surface area contributed by atoms with E-state index in [0.717, 1.165) is 59.7 Å². The Kier molecular flexibility index (Phi) is 5.51. The van der Waals surface area contributed by atoms with Crippen molar-refractivity contribution in [1.82, 2.24) is 24.5 Å². The SMILES string of the molecule is Cc1sc2nc(SCCN3CCN(c4ncccn4)CC3)n(N)c(=O)c2c1C. The molecule has 148 valence electrons. The molecular weight excluding hydrogens is 394 g/mol. The number of nitrogen functional groups attached to an aromatic ring is 1. The molecule has 0 saturated carbocycles. The van der Waals surface area contributed by atoms with E-state index in [9.17, 15) is 4.79 Å². The highest BCUT2D eigenvalue weighted by Crippen LogP contribution is 2.27. The maximum absolute atomic E-state index is 12.6. The fraction of sp³-hybridized carbons (Fsp3) is 0.444. The number of aryl methyl sites for hydroxylation is 2. The van der Waals surface area contributed by atoms with Crippen LogP contribution in [0, 0.1) is 13.8 Å². The Morgan fingerprint density at radius 1 is 1.18 bits per heavy atom. The lowest BCUT2D eigenvalue weighted by Crippen LogP contribution is -2.47. The zero-order valence-corrected chi connectivity index (χ0v) is 17.6. The molecule has 0 atom stereocenters. The van der Waals surface area contributed by atoms with Gasteiger partial charge in [-0.3, -0.25) is 9.69 Å². The van der Waals surface area contributed by atoms with E-state index in [1.54, 1.807) is 23.7 Å². The number of thioether (sulfide) groups is 1. The Morgan fingerprint density at radius 2 is 1.89 bits per heavy atom. The van der Waals surface area contributed by atoms with E-state index in [1.165, 1.54) is 16.4 Å². The van der Waals surface area contributed by atoms with E-state index in [0.29, 0.717) is 10.5 Å². The summed E-state index contributed by atoms with van der Waals surface area (Å²) in [7, 11) is 0. The average Bonchev–Trinajstić information content (AvgIpc) is 3.00. The first-order valence-electron chi connectivity index (χ1n) is 9.19. The number of thiophene rings is 1. The number of hydrogen-bond donors (Lipinski definition) is 1. The zero-order valence-electron chi connectivity index (χ0n) is 16.0. The lowest BCUT2D eigenvalue weighted by Gasteiger charge is -2.34. The summed E-state index contributed by atoms with van der Waals surface area (Å²) in [6.45, 7) is 8.63. The summed E-state index contributed by atoms with van der Waals surface area (Å²) >= 11 is 3.09. The minimum Gasteiger partial charge on any atom is -0.338 e. The minimum atomic E-state index is -0.161. The molecule has 0 amide bonds. The quantitative estimate of drug-likeness (QED) is 0.379. The monoisotopic (exact) mass is 417 g/mol. The Balaban J connectivity index is 1.35. The van der Waals surface area contributed by atoms with Gasteiger partial charge in [0.15, 0.2) is 5.16 Å². The van der Waals surface area contributed by atoms with Crippen LogP contribution in [0.1, 0.15) is 10.4 Å². The molecule has 10 heteroatoms. The van der Waals surface area contributed by atoms with Crippen molar-refractivity contribution >= 4 is 39.3 Å². The van der Waals surface area contributed by atoms with Crippen molar-refractivity contribution in [2.75, 3.05) is 49.2 Å². The van der Waals surface area contributed by atoms with Gasteiger partial charge in [-0.2, -0.15) is 0 Å². The van der Waals surface area contributed by atoms with Gasteiger partial charge in [0.05, 0.1) is 5.39 Å². The van der Waals surface area contributed by atoms with E-state index in [4.69, 9.17) is 5.84 Å². The molecule has 8 nitrogen and oxygen atoms in total.